The quantitative estimate of drug-likeness (QED) is 0.0821. The number of methoxy groups -OCH3 is 6. The van der Waals surface area contributed by atoms with E-state index >= 15 is 0 Å². The van der Waals surface area contributed by atoms with Crippen molar-refractivity contribution in [3.05, 3.63) is 72.0 Å². The molecule has 0 radical (unpaired) electrons. The molecule has 0 aliphatic carbocycles. The minimum atomic E-state index is -1.10. The number of cyclic esters (lactones) is 1. The Morgan fingerprint density at radius 3 is 2.09 bits per heavy atom. The molecule has 386 valence electrons. The van der Waals surface area contributed by atoms with Gasteiger partial charge in [0.15, 0.2) is 0 Å². The van der Waals surface area contributed by atoms with Crippen molar-refractivity contribution >= 4 is 24.1 Å². The number of hydrogen-bond acceptors (Lipinski definition) is 14. The Morgan fingerprint density at radius 1 is 0.853 bits per heavy atom. The Kier molecular flexibility index (Phi) is 27.9. The number of aliphatic hydroxyl groups is 2. The van der Waals surface area contributed by atoms with Gasteiger partial charge in [-0.2, -0.15) is 0 Å². The van der Waals surface area contributed by atoms with Gasteiger partial charge in [0.2, 0.25) is 6.41 Å². The van der Waals surface area contributed by atoms with Gasteiger partial charge in [0.1, 0.15) is 24.1 Å². The lowest BCUT2D eigenvalue weighted by molar-refractivity contribution is -0.160. The van der Waals surface area contributed by atoms with Gasteiger partial charge >= 0.3 is 11.9 Å². The first-order valence-electron chi connectivity index (χ1n) is 24.0. The van der Waals surface area contributed by atoms with Crippen molar-refractivity contribution in [3.63, 3.8) is 0 Å². The number of carbonyl (C=O) groups is 4. The first kappa shape index (κ1) is 60.3. The van der Waals surface area contributed by atoms with E-state index in [0.29, 0.717) is 44.1 Å². The topological polar surface area (TPSA) is 186 Å². The third kappa shape index (κ3) is 19.5. The van der Waals surface area contributed by atoms with Crippen LogP contribution >= 0.6 is 0 Å². The first-order valence-corrected chi connectivity index (χ1v) is 24.0. The second-order valence-electron chi connectivity index (χ2n) is 18.8. The van der Waals surface area contributed by atoms with Gasteiger partial charge in [-0.05, 0) is 44.1 Å². The lowest BCUT2D eigenvalue weighted by Crippen LogP contribution is -2.46. The highest BCUT2D eigenvalue weighted by Crippen LogP contribution is 2.33. The Labute approximate surface area is 406 Å². The molecule has 2 rings (SSSR count). The number of ketones is 1. The van der Waals surface area contributed by atoms with Crippen molar-refractivity contribution in [2.45, 2.75) is 154 Å². The fourth-order valence-corrected chi connectivity index (χ4v) is 9.13. The number of rotatable bonds is 18. The third-order valence-electron chi connectivity index (χ3n) is 13.8. The van der Waals surface area contributed by atoms with E-state index in [2.05, 4.69) is 0 Å². The van der Waals surface area contributed by atoms with Crippen LogP contribution in [0.25, 0.3) is 0 Å². The summed E-state index contributed by atoms with van der Waals surface area (Å²) in [5, 5.41) is 23.0. The van der Waals surface area contributed by atoms with Gasteiger partial charge < -0.3 is 53.0 Å². The predicted octanol–water partition coefficient (Wildman–Crippen LogP) is 6.91. The highest BCUT2D eigenvalue weighted by molar-refractivity contribution is 5.84. The summed E-state index contributed by atoms with van der Waals surface area (Å²) < 4.78 is 47.1. The number of hydrogen-bond donors (Lipinski definition) is 2. The van der Waals surface area contributed by atoms with E-state index in [0.717, 1.165) is 5.57 Å². The maximum atomic E-state index is 13.7. The number of fused-ring (bicyclic) bond motifs is 2. The molecule has 0 saturated heterocycles. The van der Waals surface area contributed by atoms with Gasteiger partial charge in [-0.1, -0.05) is 89.6 Å². The summed E-state index contributed by atoms with van der Waals surface area (Å²) in [7, 11) is 11.1. The molecule has 2 N–H and O–H groups in total. The second kappa shape index (κ2) is 31.4. The molecular weight excluding hydrogens is 875 g/mol. The highest BCUT2D eigenvalue weighted by Gasteiger charge is 2.40. The predicted molar refractivity (Wildman–Crippen MR) is 261 cm³/mol. The monoisotopic (exact) mass is 960 g/mol. The molecular formula is C53H85NO14. The van der Waals surface area contributed by atoms with E-state index in [1.807, 2.05) is 78.8 Å². The molecule has 2 aliphatic heterocycles. The van der Waals surface area contributed by atoms with Gasteiger partial charge in [-0.15, -0.1) is 0 Å². The lowest BCUT2D eigenvalue weighted by atomic mass is 9.81. The average molecular weight is 960 g/mol. The Balaban J connectivity index is 2.49. The summed E-state index contributed by atoms with van der Waals surface area (Å²) in [5.41, 5.74) is 1.38. The van der Waals surface area contributed by atoms with Crippen LogP contribution in [0.5, 0.6) is 0 Å². The van der Waals surface area contributed by atoms with E-state index in [4.69, 9.17) is 37.9 Å². The zero-order chi connectivity index (χ0) is 51.1. The summed E-state index contributed by atoms with van der Waals surface area (Å²) >= 11 is 0. The molecule has 0 aromatic carbocycles. The SMILES string of the molecule is CO[C@@H]1CC2=CC(=O)O[C@H]([C@H](C)[C@@H](OC)C[C@@H](OC)/C=C/[C@H](C)[C@H](O)C[C@@H](OC)/C=C/[C@H](C)[C@@H]([C@H](C)[C@H](OC)[C@H](C)CCC(=O)[C@H](C)[C@H](C/C=C/N(C)C=O)OC)OC(=O)/C=C/C=C(\C)C1)[C@@H]2O. The number of nitrogens with zero attached hydrogens (tertiary/aromatic N) is 1. The van der Waals surface area contributed by atoms with Crippen molar-refractivity contribution in [2.75, 3.05) is 49.7 Å². The standard InChI is InChI=1S/C53H85NO14/c1-33-17-15-19-48(58)67-52(39(7)51(66-14)35(3)22-25-44(56)37(5)46(64-12)18-16-26-54(8)32-55)36(4)21-24-41(61-9)30-45(57)34(2)20-23-42(62-10)31-47(65-13)38(6)53-50(60)40(29-49(59)68-53)28-43(27-33)63-11/h15-17,19-21,23-24,26,29,32,34-39,41-43,45-47,50-53,57,60H,18,22,25,27-28,30-31H2,1-14H3/b19-15+,23-20+,24-21+,26-16+,33-17+/t34-,35+,36-,37-,38+,39+,41-,42-,43-,45+,46-,47-,50+,51+,52-,53+/m0/s1. The second-order valence-corrected chi connectivity index (χ2v) is 18.8. The molecule has 68 heavy (non-hydrogen) atoms. The Bertz CT molecular complexity index is 1720. The molecule has 0 unspecified atom stereocenters. The van der Waals surface area contributed by atoms with Crippen LogP contribution < -0.4 is 0 Å². The molecule has 0 spiro atoms. The smallest absolute Gasteiger partial charge is 0.331 e. The molecule has 0 saturated carbocycles. The molecule has 0 aromatic rings. The Morgan fingerprint density at radius 2 is 1.50 bits per heavy atom. The number of carbonyl (C=O) groups excluding carboxylic acids is 4. The number of esters is 2. The largest absolute Gasteiger partial charge is 0.458 e. The van der Waals surface area contributed by atoms with Crippen LogP contribution in [-0.2, 0) is 57.1 Å². The molecule has 16 atom stereocenters. The summed E-state index contributed by atoms with van der Waals surface area (Å²) in [6.45, 7) is 13.5. The van der Waals surface area contributed by atoms with Gasteiger partial charge in [-0.25, -0.2) is 9.59 Å². The van der Waals surface area contributed by atoms with Gasteiger partial charge in [0.05, 0.1) is 42.7 Å². The molecule has 0 aromatic heterocycles. The minimum absolute atomic E-state index is 0.0505. The lowest BCUT2D eigenvalue weighted by Gasteiger charge is -2.37. The van der Waals surface area contributed by atoms with E-state index < -0.39 is 72.8 Å². The average Bonchev–Trinajstić information content (AvgIpc) is 3.32. The molecule has 2 bridgehead atoms. The van der Waals surface area contributed by atoms with E-state index in [1.54, 1.807) is 68.1 Å². The third-order valence-corrected chi connectivity index (χ3v) is 13.8. The summed E-state index contributed by atoms with van der Waals surface area (Å²) in [6, 6.07) is 0. The molecule has 1 amide bonds. The number of amides is 1. The minimum Gasteiger partial charge on any atom is -0.458 e. The van der Waals surface area contributed by atoms with Crippen molar-refractivity contribution in [3.8, 4) is 0 Å². The summed E-state index contributed by atoms with van der Waals surface area (Å²) in [4.78, 5) is 52.4. The van der Waals surface area contributed by atoms with Crippen LogP contribution in [-0.4, -0.2) is 150 Å². The summed E-state index contributed by atoms with van der Waals surface area (Å²) in [6.07, 6.45) is 14.6. The number of allylic oxidation sites excluding steroid dienone is 2. The number of aliphatic hydroxyl groups excluding tert-OH is 2. The van der Waals surface area contributed by atoms with Gasteiger partial charge in [0.25, 0.3) is 0 Å². The molecule has 15 heteroatoms. The van der Waals surface area contributed by atoms with Crippen molar-refractivity contribution < 1.29 is 67.3 Å². The van der Waals surface area contributed by atoms with Crippen LogP contribution in [0.15, 0.2) is 72.0 Å². The highest BCUT2D eigenvalue weighted by atomic mass is 16.6. The van der Waals surface area contributed by atoms with Crippen LogP contribution in [0.1, 0.15) is 93.4 Å². The van der Waals surface area contributed by atoms with E-state index in [1.165, 1.54) is 17.1 Å². The fourth-order valence-electron chi connectivity index (χ4n) is 9.13. The Hall–Kier alpha value is -3.80. The maximum Gasteiger partial charge on any atom is 0.331 e. The normalized spacial score (nSPS) is 33.0. The molecule has 0 fully saturated rings. The molecule has 2 aliphatic rings. The molecule has 2 heterocycles. The van der Waals surface area contributed by atoms with E-state index in [-0.39, 0.29) is 54.3 Å². The van der Waals surface area contributed by atoms with Gasteiger partial charge in [0, 0.05) is 117 Å². The van der Waals surface area contributed by atoms with Crippen LogP contribution in [0.2, 0.25) is 0 Å². The first-order chi connectivity index (χ1) is 32.3. The van der Waals surface area contributed by atoms with Crippen LogP contribution in [0, 0.1) is 35.5 Å². The zero-order valence-electron chi connectivity index (χ0n) is 43.3. The van der Waals surface area contributed by atoms with Crippen molar-refractivity contribution in [1.82, 2.24) is 4.90 Å². The maximum absolute atomic E-state index is 13.7. The van der Waals surface area contributed by atoms with Crippen LogP contribution in [0.3, 0.4) is 0 Å². The zero-order valence-corrected chi connectivity index (χ0v) is 43.3. The number of Topliss-reactive ketones (excluding diaryl/α,β-unsaturated/α-hetero) is 1. The fraction of sp³-hybridized carbons (Fsp3) is 0.698. The van der Waals surface area contributed by atoms with Crippen molar-refractivity contribution in [2.24, 2.45) is 35.5 Å². The van der Waals surface area contributed by atoms with Gasteiger partial charge in [-0.3, -0.25) is 9.59 Å². The van der Waals surface area contributed by atoms with Crippen molar-refractivity contribution in [1.29, 1.82) is 0 Å². The van der Waals surface area contributed by atoms with E-state index in [9.17, 15) is 29.4 Å². The molecule has 15 nitrogen and oxygen atoms in total. The summed E-state index contributed by atoms with van der Waals surface area (Å²) in [5.74, 6) is -2.91. The number of ether oxygens (including phenoxy) is 8. The van der Waals surface area contributed by atoms with Crippen LogP contribution in [0.4, 0.5) is 0 Å².